The van der Waals surface area contributed by atoms with E-state index in [1.165, 1.54) is 0 Å². The van der Waals surface area contributed by atoms with Crippen molar-refractivity contribution in [3.8, 4) is 0 Å². The molecule has 20 heavy (non-hydrogen) atoms. The minimum Gasteiger partial charge on any atom is -0.325 e. The maximum Gasteiger partial charge on any atom is 0.238 e. The summed E-state index contributed by atoms with van der Waals surface area (Å²) in [6.45, 7) is 2.64. The van der Waals surface area contributed by atoms with Crippen LogP contribution in [0.4, 0.5) is 5.69 Å². The predicted molar refractivity (Wildman–Crippen MR) is 80.0 cm³/mol. The number of likely N-dealkylation sites (tertiary alicyclic amines) is 1. The van der Waals surface area contributed by atoms with Crippen LogP contribution in [-0.2, 0) is 9.59 Å². The molecule has 1 fully saturated rings. The van der Waals surface area contributed by atoms with Crippen molar-refractivity contribution in [3.05, 3.63) is 29.3 Å². The van der Waals surface area contributed by atoms with Gasteiger partial charge in [-0.1, -0.05) is 24.1 Å². The Morgan fingerprint density at radius 2 is 2.20 bits per heavy atom. The summed E-state index contributed by atoms with van der Waals surface area (Å²) < 4.78 is 0. The fraction of sp³-hybridized carbons (Fsp3) is 0.467. The quantitative estimate of drug-likeness (QED) is 0.929. The third-order valence-electron chi connectivity index (χ3n) is 3.54. The number of nitrogens with zero attached hydrogens (tertiary/aromatic N) is 1. The highest BCUT2D eigenvalue weighted by Crippen LogP contribution is 2.18. The monoisotopic (exact) mass is 294 g/mol. The van der Waals surface area contributed by atoms with Gasteiger partial charge in [-0.05, 0) is 44.5 Å². The van der Waals surface area contributed by atoms with Crippen LogP contribution in [0.2, 0.25) is 5.02 Å². The maximum atomic E-state index is 12.1. The highest BCUT2D eigenvalue weighted by molar-refractivity contribution is 6.30. The fourth-order valence-corrected chi connectivity index (χ4v) is 2.78. The van der Waals surface area contributed by atoms with Gasteiger partial charge in [0.15, 0.2) is 0 Å². The molecule has 0 radical (unpaired) electrons. The second-order valence-electron chi connectivity index (χ2n) is 5.15. The average molecular weight is 295 g/mol. The van der Waals surface area contributed by atoms with Crippen LogP contribution < -0.4 is 5.32 Å². The van der Waals surface area contributed by atoms with Gasteiger partial charge in [-0.15, -0.1) is 0 Å². The summed E-state index contributed by atoms with van der Waals surface area (Å²) in [6, 6.07) is 6.93. The smallest absolute Gasteiger partial charge is 0.238 e. The van der Waals surface area contributed by atoms with E-state index in [0.29, 0.717) is 10.7 Å². The Balaban J connectivity index is 1.94. The zero-order valence-electron chi connectivity index (χ0n) is 11.6. The van der Waals surface area contributed by atoms with Crippen molar-refractivity contribution in [2.75, 3.05) is 18.4 Å². The van der Waals surface area contributed by atoms with Crippen molar-refractivity contribution < 1.29 is 9.59 Å². The van der Waals surface area contributed by atoms with Crippen LogP contribution >= 0.6 is 11.6 Å². The molecule has 1 saturated heterocycles. The number of amides is 1. The third-order valence-corrected chi connectivity index (χ3v) is 3.77. The van der Waals surface area contributed by atoms with Gasteiger partial charge in [-0.2, -0.15) is 0 Å². The van der Waals surface area contributed by atoms with Gasteiger partial charge in [0.05, 0.1) is 12.6 Å². The maximum absolute atomic E-state index is 12.1. The molecule has 1 aromatic rings. The van der Waals surface area contributed by atoms with Crippen LogP contribution in [0.5, 0.6) is 0 Å². The molecule has 0 aliphatic carbocycles. The van der Waals surface area contributed by atoms with Gasteiger partial charge in [0, 0.05) is 10.7 Å². The van der Waals surface area contributed by atoms with E-state index in [1.54, 1.807) is 31.2 Å². The Morgan fingerprint density at radius 3 is 2.90 bits per heavy atom. The molecule has 1 aliphatic rings. The van der Waals surface area contributed by atoms with Crippen molar-refractivity contribution in [2.24, 2.45) is 0 Å². The van der Waals surface area contributed by atoms with Crippen LogP contribution in [0.1, 0.15) is 26.2 Å². The van der Waals surface area contributed by atoms with Crippen LogP contribution in [0.15, 0.2) is 24.3 Å². The summed E-state index contributed by atoms with van der Waals surface area (Å²) in [5.74, 6) is 0.0284. The number of anilines is 1. The molecule has 1 aliphatic heterocycles. The molecular formula is C15H19ClN2O2. The number of ketones is 1. The number of hydrogen-bond donors (Lipinski definition) is 1. The topological polar surface area (TPSA) is 49.4 Å². The average Bonchev–Trinajstić information content (AvgIpc) is 2.38. The lowest BCUT2D eigenvalue weighted by Crippen LogP contribution is -2.47. The minimum atomic E-state index is -0.117. The first-order valence-electron chi connectivity index (χ1n) is 6.86. The molecule has 0 saturated carbocycles. The first-order valence-corrected chi connectivity index (χ1v) is 7.24. The molecule has 0 bridgehead atoms. The molecule has 1 atom stereocenters. The number of nitrogens with one attached hydrogen (secondary N) is 1. The van der Waals surface area contributed by atoms with Crippen molar-refractivity contribution >= 4 is 29.0 Å². The number of halogens is 1. The molecule has 0 spiro atoms. The van der Waals surface area contributed by atoms with E-state index in [2.05, 4.69) is 5.32 Å². The molecule has 0 aromatic heterocycles. The largest absolute Gasteiger partial charge is 0.325 e. The summed E-state index contributed by atoms with van der Waals surface area (Å²) >= 11 is 5.88. The van der Waals surface area contributed by atoms with Crippen LogP contribution in [0.25, 0.3) is 0 Å². The van der Waals surface area contributed by atoms with Crippen LogP contribution in [0, 0.1) is 0 Å². The lowest BCUT2D eigenvalue weighted by Gasteiger charge is -2.33. The Bertz CT molecular complexity index is 504. The van der Waals surface area contributed by atoms with Crippen molar-refractivity contribution in [1.82, 2.24) is 4.90 Å². The number of benzene rings is 1. The molecule has 4 nitrogen and oxygen atoms in total. The van der Waals surface area contributed by atoms with E-state index in [-0.39, 0.29) is 24.3 Å². The fourth-order valence-electron chi connectivity index (χ4n) is 2.59. The summed E-state index contributed by atoms with van der Waals surface area (Å²) in [6.07, 6.45) is 2.94. The standard InChI is InChI=1S/C15H19ClN2O2/c1-11(19)14-7-2-3-8-18(14)10-15(20)17-13-6-4-5-12(16)9-13/h4-6,9,14H,2-3,7-8,10H2,1H3,(H,17,20). The number of carbonyl (C=O) groups is 2. The normalized spacial score (nSPS) is 19.6. The van der Waals surface area contributed by atoms with Crippen LogP contribution in [0.3, 0.4) is 0 Å². The zero-order chi connectivity index (χ0) is 14.5. The summed E-state index contributed by atoms with van der Waals surface area (Å²) in [5, 5.41) is 3.40. The van der Waals surface area contributed by atoms with Gasteiger partial charge < -0.3 is 5.32 Å². The summed E-state index contributed by atoms with van der Waals surface area (Å²) in [5.41, 5.74) is 0.680. The minimum absolute atomic E-state index is 0.111. The van der Waals surface area contributed by atoms with E-state index in [0.717, 1.165) is 25.8 Å². The predicted octanol–water partition coefficient (Wildman–Crippen LogP) is 2.72. The Labute approximate surface area is 124 Å². The first-order chi connectivity index (χ1) is 9.56. The van der Waals surface area contributed by atoms with Gasteiger partial charge in [0.25, 0.3) is 0 Å². The number of hydrogen-bond acceptors (Lipinski definition) is 3. The molecule has 1 N–H and O–H groups in total. The second-order valence-corrected chi connectivity index (χ2v) is 5.59. The Morgan fingerprint density at radius 1 is 1.40 bits per heavy atom. The van der Waals surface area contributed by atoms with Gasteiger partial charge in [0.1, 0.15) is 5.78 Å². The van der Waals surface area contributed by atoms with Gasteiger partial charge in [-0.25, -0.2) is 0 Å². The highest BCUT2D eigenvalue weighted by atomic mass is 35.5. The second kappa shape index (κ2) is 6.86. The van der Waals surface area contributed by atoms with Gasteiger partial charge in [0.2, 0.25) is 5.91 Å². The molecule has 1 aromatic carbocycles. The molecule has 5 heteroatoms. The third kappa shape index (κ3) is 4.05. The molecule has 1 amide bonds. The lowest BCUT2D eigenvalue weighted by molar-refractivity contribution is -0.125. The first kappa shape index (κ1) is 15.0. The highest BCUT2D eigenvalue weighted by Gasteiger charge is 2.27. The van der Waals surface area contributed by atoms with E-state index in [4.69, 9.17) is 11.6 Å². The zero-order valence-corrected chi connectivity index (χ0v) is 12.3. The van der Waals surface area contributed by atoms with Crippen LogP contribution in [-0.4, -0.2) is 35.7 Å². The van der Waals surface area contributed by atoms with E-state index in [9.17, 15) is 9.59 Å². The Kier molecular flexibility index (Phi) is 5.15. The SMILES string of the molecule is CC(=O)C1CCCCN1CC(=O)Nc1cccc(Cl)c1. The van der Waals surface area contributed by atoms with Crippen molar-refractivity contribution in [1.29, 1.82) is 0 Å². The number of piperidine rings is 1. The van der Waals surface area contributed by atoms with Gasteiger partial charge >= 0.3 is 0 Å². The van der Waals surface area contributed by atoms with E-state index >= 15 is 0 Å². The molecular weight excluding hydrogens is 276 g/mol. The lowest BCUT2D eigenvalue weighted by atomic mass is 9.99. The molecule has 1 heterocycles. The summed E-state index contributed by atoms with van der Waals surface area (Å²) in [4.78, 5) is 25.6. The number of carbonyl (C=O) groups excluding carboxylic acids is 2. The molecule has 108 valence electrons. The molecule has 1 unspecified atom stereocenters. The Hall–Kier alpha value is -1.39. The van der Waals surface area contributed by atoms with Crippen molar-refractivity contribution in [2.45, 2.75) is 32.2 Å². The summed E-state index contributed by atoms with van der Waals surface area (Å²) in [7, 11) is 0. The van der Waals surface area contributed by atoms with Crippen molar-refractivity contribution in [3.63, 3.8) is 0 Å². The number of Topliss-reactive ketones (excluding diaryl/α,β-unsaturated/α-hetero) is 1. The van der Waals surface area contributed by atoms with E-state index in [1.807, 2.05) is 4.90 Å². The number of rotatable bonds is 4. The van der Waals surface area contributed by atoms with E-state index < -0.39 is 0 Å². The molecule has 2 rings (SSSR count). The van der Waals surface area contributed by atoms with Gasteiger partial charge in [-0.3, -0.25) is 14.5 Å².